The van der Waals surface area contributed by atoms with Crippen LogP contribution in [0.5, 0.6) is 0 Å². The standard InChI is InChI=1S/C22H20N4O/c1-26-15-18(19-6-2-3-7-21(19)26)12-22(27)25-13-16-8-10-24-20(11-16)17-5-4-9-23-14-17/h2-11,14-15H,12-13H2,1H3,(H,25,27). The molecule has 3 aromatic heterocycles. The van der Waals surface area contributed by atoms with Crippen LogP contribution in [0, 0.1) is 0 Å². The lowest BCUT2D eigenvalue weighted by molar-refractivity contribution is -0.120. The summed E-state index contributed by atoms with van der Waals surface area (Å²) in [7, 11) is 2.00. The molecule has 0 fully saturated rings. The summed E-state index contributed by atoms with van der Waals surface area (Å²) in [5.41, 5.74) is 4.99. The molecule has 0 saturated heterocycles. The van der Waals surface area contributed by atoms with Crippen molar-refractivity contribution < 1.29 is 4.79 Å². The molecule has 1 N–H and O–H groups in total. The molecule has 134 valence electrons. The molecule has 1 amide bonds. The van der Waals surface area contributed by atoms with Crippen molar-refractivity contribution in [3.8, 4) is 11.3 Å². The van der Waals surface area contributed by atoms with Crippen LogP contribution < -0.4 is 5.32 Å². The first kappa shape index (κ1) is 17.0. The highest BCUT2D eigenvalue weighted by Gasteiger charge is 2.10. The number of hydrogen-bond acceptors (Lipinski definition) is 3. The van der Waals surface area contributed by atoms with E-state index >= 15 is 0 Å². The Morgan fingerprint density at radius 3 is 2.85 bits per heavy atom. The van der Waals surface area contributed by atoms with Crippen molar-refractivity contribution >= 4 is 16.8 Å². The molecule has 0 atom stereocenters. The second kappa shape index (κ2) is 7.41. The van der Waals surface area contributed by atoms with Gasteiger partial charge in [-0.25, -0.2) is 0 Å². The highest BCUT2D eigenvalue weighted by atomic mass is 16.1. The Balaban J connectivity index is 1.44. The fourth-order valence-electron chi connectivity index (χ4n) is 3.26. The predicted molar refractivity (Wildman–Crippen MR) is 106 cm³/mol. The molecule has 5 heteroatoms. The fourth-order valence-corrected chi connectivity index (χ4v) is 3.26. The first-order valence-corrected chi connectivity index (χ1v) is 8.85. The molecule has 0 aliphatic rings. The second-order valence-corrected chi connectivity index (χ2v) is 6.53. The molecular weight excluding hydrogens is 336 g/mol. The lowest BCUT2D eigenvalue weighted by Gasteiger charge is -2.07. The molecular formula is C22H20N4O. The minimum absolute atomic E-state index is 0.00564. The van der Waals surface area contributed by atoms with Crippen LogP contribution in [0.4, 0.5) is 0 Å². The van der Waals surface area contributed by atoms with E-state index < -0.39 is 0 Å². The summed E-state index contributed by atoms with van der Waals surface area (Å²) in [5, 5.41) is 4.13. The van der Waals surface area contributed by atoms with E-state index in [1.165, 1.54) is 0 Å². The number of aromatic nitrogens is 3. The van der Waals surface area contributed by atoms with Crippen molar-refractivity contribution in [1.29, 1.82) is 0 Å². The highest BCUT2D eigenvalue weighted by Crippen LogP contribution is 2.21. The Morgan fingerprint density at radius 1 is 1.11 bits per heavy atom. The van der Waals surface area contributed by atoms with E-state index in [0.717, 1.165) is 33.3 Å². The van der Waals surface area contributed by atoms with Crippen LogP contribution in [0.1, 0.15) is 11.1 Å². The van der Waals surface area contributed by atoms with Crippen LogP contribution in [0.2, 0.25) is 0 Å². The zero-order valence-corrected chi connectivity index (χ0v) is 15.1. The van der Waals surface area contributed by atoms with E-state index in [2.05, 4.69) is 32.0 Å². The number of aryl methyl sites for hydroxylation is 1. The summed E-state index contributed by atoms with van der Waals surface area (Å²) >= 11 is 0. The topological polar surface area (TPSA) is 59.8 Å². The number of nitrogens with zero attached hydrogens (tertiary/aromatic N) is 3. The molecule has 0 unspecified atom stereocenters. The molecule has 0 aliphatic carbocycles. The third-order valence-corrected chi connectivity index (χ3v) is 4.60. The van der Waals surface area contributed by atoms with Gasteiger partial charge in [-0.05, 0) is 41.5 Å². The number of pyridine rings is 2. The number of carbonyl (C=O) groups excluding carboxylic acids is 1. The van der Waals surface area contributed by atoms with Gasteiger partial charge in [-0.2, -0.15) is 0 Å². The quantitative estimate of drug-likeness (QED) is 0.595. The van der Waals surface area contributed by atoms with Crippen molar-refractivity contribution in [2.45, 2.75) is 13.0 Å². The van der Waals surface area contributed by atoms with Crippen LogP contribution >= 0.6 is 0 Å². The predicted octanol–water partition coefficient (Wildman–Crippen LogP) is 3.49. The van der Waals surface area contributed by atoms with Gasteiger partial charge in [-0.3, -0.25) is 14.8 Å². The van der Waals surface area contributed by atoms with E-state index in [4.69, 9.17) is 0 Å². The lowest BCUT2D eigenvalue weighted by Crippen LogP contribution is -2.24. The zero-order chi connectivity index (χ0) is 18.6. The third kappa shape index (κ3) is 3.72. The molecule has 5 nitrogen and oxygen atoms in total. The summed E-state index contributed by atoms with van der Waals surface area (Å²) < 4.78 is 2.06. The second-order valence-electron chi connectivity index (χ2n) is 6.53. The highest BCUT2D eigenvalue weighted by molar-refractivity contribution is 5.89. The van der Waals surface area contributed by atoms with Crippen LogP contribution in [-0.2, 0) is 24.8 Å². The third-order valence-electron chi connectivity index (χ3n) is 4.60. The number of nitrogens with one attached hydrogen (secondary N) is 1. The summed E-state index contributed by atoms with van der Waals surface area (Å²) in [4.78, 5) is 21.0. The van der Waals surface area contributed by atoms with E-state index in [9.17, 15) is 4.79 Å². The van der Waals surface area contributed by atoms with Crippen LogP contribution in [0.3, 0.4) is 0 Å². The van der Waals surface area contributed by atoms with Gasteiger partial charge in [0.15, 0.2) is 0 Å². The summed E-state index contributed by atoms with van der Waals surface area (Å²) in [6.45, 7) is 0.472. The Bertz CT molecular complexity index is 1090. The number of amides is 1. The maximum atomic E-state index is 12.4. The van der Waals surface area contributed by atoms with Gasteiger partial charge in [-0.15, -0.1) is 0 Å². The number of rotatable bonds is 5. The fraction of sp³-hybridized carbons (Fsp3) is 0.136. The normalized spacial score (nSPS) is 10.9. The van der Waals surface area contributed by atoms with E-state index in [0.29, 0.717) is 13.0 Å². The van der Waals surface area contributed by atoms with Gasteiger partial charge in [0, 0.05) is 54.8 Å². The Labute approximate surface area is 157 Å². The van der Waals surface area contributed by atoms with Gasteiger partial charge < -0.3 is 9.88 Å². The van der Waals surface area contributed by atoms with Crippen LogP contribution in [0.15, 0.2) is 73.3 Å². The first-order valence-electron chi connectivity index (χ1n) is 8.85. The molecule has 0 aliphatic heterocycles. The van der Waals surface area contributed by atoms with Crippen molar-refractivity contribution in [3.63, 3.8) is 0 Å². The molecule has 4 rings (SSSR count). The maximum absolute atomic E-state index is 12.4. The smallest absolute Gasteiger partial charge is 0.224 e. The minimum atomic E-state index is 0.00564. The van der Waals surface area contributed by atoms with E-state index in [1.807, 2.05) is 49.6 Å². The number of para-hydroxylation sites is 1. The Kier molecular flexibility index (Phi) is 4.66. The Hall–Kier alpha value is -3.47. The minimum Gasteiger partial charge on any atom is -0.352 e. The summed E-state index contributed by atoms with van der Waals surface area (Å²) in [6.07, 6.45) is 7.67. The van der Waals surface area contributed by atoms with Gasteiger partial charge in [0.1, 0.15) is 0 Å². The van der Waals surface area contributed by atoms with Gasteiger partial charge in [0.2, 0.25) is 5.91 Å². The molecule has 0 spiro atoms. The molecule has 1 aromatic carbocycles. The molecule has 3 heterocycles. The zero-order valence-electron chi connectivity index (χ0n) is 15.1. The van der Waals surface area contributed by atoms with Crippen LogP contribution in [-0.4, -0.2) is 20.4 Å². The SMILES string of the molecule is Cn1cc(CC(=O)NCc2ccnc(-c3cccnc3)c2)c2ccccc21. The van der Waals surface area contributed by atoms with Gasteiger partial charge in [-0.1, -0.05) is 18.2 Å². The number of carbonyl (C=O) groups is 1. The number of hydrogen-bond donors (Lipinski definition) is 1. The summed E-state index contributed by atoms with van der Waals surface area (Å²) in [6, 6.07) is 15.9. The molecule has 4 aromatic rings. The first-order chi connectivity index (χ1) is 13.2. The molecule has 0 bridgehead atoms. The number of benzene rings is 1. The van der Waals surface area contributed by atoms with Gasteiger partial charge in [0.05, 0.1) is 12.1 Å². The van der Waals surface area contributed by atoms with Gasteiger partial charge in [0.25, 0.3) is 0 Å². The average molecular weight is 356 g/mol. The average Bonchev–Trinajstić information content (AvgIpc) is 3.03. The molecule has 27 heavy (non-hydrogen) atoms. The van der Waals surface area contributed by atoms with Crippen molar-refractivity contribution in [2.75, 3.05) is 0 Å². The van der Waals surface area contributed by atoms with Crippen LogP contribution in [0.25, 0.3) is 22.2 Å². The van der Waals surface area contributed by atoms with Crippen molar-refractivity contribution in [3.05, 3.63) is 84.4 Å². The molecule has 0 saturated carbocycles. The Morgan fingerprint density at radius 2 is 2.00 bits per heavy atom. The van der Waals surface area contributed by atoms with Crippen molar-refractivity contribution in [2.24, 2.45) is 7.05 Å². The lowest BCUT2D eigenvalue weighted by atomic mass is 10.1. The monoisotopic (exact) mass is 356 g/mol. The van der Waals surface area contributed by atoms with Gasteiger partial charge >= 0.3 is 0 Å². The van der Waals surface area contributed by atoms with E-state index in [1.54, 1.807) is 18.6 Å². The van der Waals surface area contributed by atoms with E-state index in [-0.39, 0.29) is 5.91 Å². The summed E-state index contributed by atoms with van der Waals surface area (Å²) in [5.74, 6) is 0.00564. The molecule has 0 radical (unpaired) electrons. The number of fused-ring (bicyclic) bond motifs is 1. The maximum Gasteiger partial charge on any atom is 0.224 e. The van der Waals surface area contributed by atoms with Crippen molar-refractivity contribution in [1.82, 2.24) is 19.9 Å². The largest absolute Gasteiger partial charge is 0.352 e.